The van der Waals surface area contributed by atoms with Crippen LogP contribution in [-0.4, -0.2) is 58.2 Å². The third kappa shape index (κ3) is 6.16. The van der Waals surface area contributed by atoms with Crippen molar-refractivity contribution in [2.45, 2.75) is 19.6 Å². The normalized spacial score (nSPS) is 11.5. The molecule has 6 nitrogen and oxygen atoms in total. The summed E-state index contributed by atoms with van der Waals surface area (Å²) in [7, 11) is 11.3. The second-order valence-corrected chi connectivity index (χ2v) is 6.99. The van der Waals surface area contributed by atoms with E-state index in [1.807, 2.05) is 25.2 Å². The molecular formula is C22H32N4O2. The second-order valence-electron chi connectivity index (χ2n) is 6.99. The van der Waals surface area contributed by atoms with Crippen molar-refractivity contribution in [2.75, 3.05) is 42.4 Å². The summed E-state index contributed by atoms with van der Waals surface area (Å²) in [6.07, 6.45) is 0. The van der Waals surface area contributed by atoms with Crippen molar-refractivity contribution in [2.24, 2.45) is 4.99 Å². The quantitative estimate of drug-likeness (QED) is 0.560. The van der Waals surface area contributed by atoms with E-state index in [4.69, 9.17) is 9.47 Å². The molecule has 0 saturated heterocycles. The van der Waals surface area contributed by atoms with E-state index >= 15 is 0 Å². The van der Waals surface area contributed by atoms with Crippen LogP contribution in [0.5, 0.6) is 11.5 Å². The lowest BCUT2D eigenvalue weighted by molar-refractivity contribution is 0.382. The number of nitrogens with one attached hydrogen (secondary N) is 1. The highest BCUT2D eigenvalue weighted by molar-refractivity contribution is 5.79. The van der Waals surface area contributed by atoms with E-state index in [1.54, 1.807) is 21.3 Å². The van der Waals surface area contributed by atoms with E-state index in [0.717, 1.165) is 36.1 Å². The third-order valence-electron chi connectivity index (χ3n) is 4.42. The minimum Gasteiger partial charge on any atom is -0.497 e. The number of benzene rings is 2. The first-order valence-electron chi connectivity index (χ1n) is 9.32. The van der Waals surface area contributed by atoms with Gasteiger partial charge in [0.1, 0.15) is 11.5 Å². The first-order chi connectivity index (χ1) is 13.5. The molecule has 0 aliphatic rings. The first-order valence-corrected chi connectivity index (χ1v) is 9.32. The number of guanidine groups is 1. The number of aliphatic imine (C=N–C) groups is 1. The maximum absolute atomic E-state index is 5.51. The molecule has 0 radical (unpaired) electrons. The van der Waals surface area contributed by atoms with Crippen LogP contribution < -0.4 is 14.8 Å². The van der Waals surface area contributed by atoms with Crippen molar-refractivity contribution in [3.8, 4) is 11.5 Å². The van der Waals surface area contributed by atoms with Gasteiger partial charge in [0.2, 0.25) is 0 Å². The van der Waals surface area contributed by atoms with Crippen LogP contribution >= 0.6 is 0 Å². The Morgan fingerprint density at radius 1 is 0.964 bits per heavy atom. The van der Waals surface area contributed by atoms with Gasteiger partial charge in [0.25, 0.3) is 0 Å². The molecule has 0 fully saturated rings. The SMILES string of the molecule is CN=C(NCc1cccc(CN(C)C)c1)N(C)Cc1ccc(OC)cc1OC. The molecular weight excluding hydrogens is 352 g/mol. The Bertz CT molecular complexity index is 790. The number of hydrogen-bond acceptors (Lipinski definition) is 4. The van der Waals surface area contributed by atoms with Crippen molar-refractivity contribution >= 4 is 5.96 Å². The standard InChI is InChI=1S/C22H32N4O2/c1-23-22(24-14-17-8-7-9-18(12-17)15-25(2)3)26(4)16-19-10-11-20(27-5)13-21(19)28-6/h7-13H,14-16H2,1-6H3,(H,23,24). The second kappa shape index (κ2) is 10.6. The van der Waals surface area contributed by atoms with Crippen LogP contribution in [0.3, 0.4) is 0 Å². The van der Waals surface area contributed by atoms with E-state index in [9.17, 15) is 0 Å². The van der Waals surface area contributed by atoms with Crippen LogP contribution in [0, 0.1) is 0 Å². The first kappa shape index (κ1) is 21.6. The molecule has 2 aromatic rings. The number of methoxy groups -OCH3 is 2. The van der Waals surface area contributed by atoms with Crippen molar-refractivity contribution in [1.82, 2.24) is 15.1 Å². The molecule has 0 spiro atoms. The van der Waals surface area contributed by atoms with Crippen LogP contribution in [0.2, 0.25) is 0 Å². The maximum atomic E-state index is 5.51. The molecule has 0 saturated carbocycles. The largest absolute Gasteiger partial charge is 0.497 e. The molecule has 6 heteroatoms. The monoisotopic (exact) mass is 384 g/mol. The fourth-order valence-electron chi connectivity index (χ4n) is 3.08. The number of rotatable bonds is 8. The Balaban J connectivity index is 2.02. The Morgan fingerprint density at radius 2 is 1.71 bits per heavy atom. The zero-order valence-corrected chi connectivity index (χ0v) is 17.8. The smallest absolute Gasteiger partial charge is 0.193 e. The lowest BCUT2D eigenvalue weighted by Crippen LogP contribution is -2.38. The summed E-state index contributed by atoms with van der Waals surface area (Å²) < 4.78 is 10.8. The summed E-state index contributed by atoms with van der Waals surface area (Å²) in [5.74, 6) is 2.41. The van der Waals surface area contributed by atoms with Crippen LogP contribution in [0.15, 0.2) is 47.5 Å². The predicted molar refractivity (Wildman–Crippen MR) is 115 cm³/mol. The van der Waals surface area contributed by atoms with Crippen LogP contribution in [0.25, 0.3) is 0 Å². The molecule has 0 heterocycles. The molecule has 0 bridgehead atoms. The fraction of sp³-hybridized carbons (Fsp3) is 0.409. The van der Waals surface area contributed by atoms with Gasteiger partial charge in [0.05, 0.1) is 14.2 Å². The van der Waals surface area contributed by atoms with Crippen LogP contribution in [-0.2, 0) is 19.6 Å². The summed E-state index contributed by atoms with van der Waals surface area (Å²) in [6, 6.07) is 14.5. The minimum atomic E-state index is 0.674. The summed E-state index contributed by atoms with van der Waals surface area (Å²) in [5, 5.41) is 3.44. The summed E-state index contributed by atoms with van der Waals surface area (Å²) in [6.45, 7) is 2.32. The van der Waals surface area contributed by atoms with Gasteiger partial charge in [-0.1, -0.05) is 24.3 Å². The third-order valence-corrected chi connectivity index (χ3v) is 4.42. The Morgan fingerprint density at radius 3 is 2.36 bits per heavy atom. The van der Waals surface area contributed by atoms with E-state index in [1.165, 1.54) is 11.1 Å². The topological polar surface area (TPSA) is 49.3 Å². The van der Waals surface area contributed by atoms with Gasteiger partial charge >= 0.3 is 0 Å². The highest BCUT2D eigenvalue weighted by Crippen LogP contribution is 2.25. The average Bonchev–Trinajstić information content (AvgIpc) is 2.68. The summed E-state index contributed by atoms with van der Waals surface area (Å²) >= 11 is 0. The molecule has 1 N–H and O–H groups in total. The fourth-order valence-corrected chi connectivity index (χ4v) is 3.08. The van der Waals surface area contributed by atoms with Gasteiger partial charge in [-0.25, -0.2) is 0 Å². The van der Waals surface area contributed by atoms with Crippen LogP contribution in [0.1, 0.15) is 16.7 Å². The molecule has 152 valence electrons. The zero-order valence-electron chi connectivity index (χ0n) is 17.8. The minimum absolute atomic E-state index is 0.674. The van der Waals surface area contributed by atoms with E-state index < -0.39 is 0 Å². The van der Waals surface area contributed by atoms with Crippen molar-refractivity contribution in [3.63, 3.8) is 0 Å². The average molecular weight is 385 g/mol. The number of nitrogens with zero attached hydrogens (tertiary/aromatic N) is 3. The molecule has 2 rings (SSSR count). The molecule has 0 aliphatic heterocycles. The summed E-state index contributed by atoms with van der Waals surface area (Å²) in [5.41, 5.74) is 3.60. The van der Waals surface area contributed by atoms with Gasteiger partial charge in [0, 0.05) is 45.4 Å². The van der Waals surface area contributed by atoms with Gasteiger partial charge < -0.3 is 24.6 Å². The highest BCUT2D eigenvalue weighted by Gasteiger charge is 2.11. The maximum Gasteiger partial charge on any atom is 0.193 e. The van der Waals surface area contributed by atoms with Crippen LogP contribution in [0.4, 0.5) is 0 Å². The highest BCUT2D eigenvalue weighted by atomic mass is 16.5. The van der Waals surface area contributed by atoms with Gasteiger partial charge in [0.15, 0.2) is 5.96 Å². The van der Waals surface area contributed by atoms with Crippen molar-refractivity contribution < 1.29 is 9.47 Å². The molecule has 0 atom stereocenters. The van der Waals surface area contributed by atoms with Crippen molar-refractivity contribution in [1.29, 1.82) is 0 Å². The molecule has 2 aromatic carbocycles. The number of ether oxygens (including phenoxy) is 2. The van der Waals surface area contributed by atoms with E-state index in [-0.39, 0.29) is 0 Å². The molecule has 28 heavy (non-hydrogen) atoms. The Labute approximate surface area is 168 Å². The van der Waals surface area contributed by atoms with Crippen molar-refractivity contribution in [3.05, 3.63) is 59.2 Å². The van der Waals surface area contributed by atoms with E-state index in [2.05, 4.69) is 58.5 Å². The Hall–Kier alpha value is -2.73. The molecule has 0 aliphatic carbocycles. The Kier molecular flexibility index (Phi) is 8.14. The zero-order chi connectivity index (χ0) is 20.5. The van der Waals surface area contributed by atoms with Gasteiger partial charge in [-0.05, 0) is 37.4 Å². The van der Waals surface area contributed by atoms with Gasteiger partial charge in [-0.2, -0.15) is 0 Å². The predicted octanol–water partition coefficient (Wildman–Crippen LogP) is 2.97. The lowest BCUT2D eigenvalue weighted by atomic mass is 10.1. The summed E-state index contributed by atoms with van der Waals surface area (Å²) in [4.78, 5) is 8.66. The number of hydrogen-bond donors (Lipinski definition) is 1. The van der Waals surface area contributed by atoms with Gasteiger partial charge in [-0.15, -0.1) is 0 Å². The molecule has 0 aromatic heterocycles. The van der Waals surface area contributed by atoms with Gasteiger partial charge in [-0.3, -0.25) is 4.99 Å². The lowest BCUT2D eigenvalue weighted by Gasteiger charge is -2.23. The van der Waals surface area contributed by atoms with E-state index in [0.29, 0.717) is 6.54 Å². The molecule has 0 amide bonds. The molecule has 0 unspecified atom stereocenters.